The van der Waals surface area contributed by atoms with E-state index in [-0.39, 0.29) is 0 Å². The van der Waals surface area contributed by atoms with Crippen LogP contribution in [0.4, 0.5) is 4.39 Å². The molecule has 0 bridgehead atoms. The molecule has 0 aliphatic rings. The van der Waals surface area contributed by atoms with E-state index in [0.717, 1.165) is 6.20 Å². The van der Waals surface area contributed by atoms with Gasteiger partial charge in [0.1, 0.15) is 11.5 Å². The average Bonchev–Trinajstić information content (AvgIpc) is 2.67. The van der Waals surface area contributed by atoms with Gasteiger partial charge in [-0.15, -0.1) is 0 Å². The Morgan fingerprint density at radius 2 is 2.21 bits per heavy atom. The fourth-order valence-corrected chi connectivity index (χ4v) is 1.03. The van der Waals surface area contributed by atoms with Crippen LogP contribution in [0.15, 0.2) is 30.6 Å². The number of pyridine rings is 1. The molecule has 2 aromatic heterocycles. The summed E-state index contributed by atoms with van der Waals surface area (Å²) in [5, 5.41) is 3.89. The van der Waals surface area contributed by atoms with Gasteiger partial charge in [0.25, 0.3) is 0 Å². The highest BCUT2D eigenvalue weighted by Crippen LogP contribution is 2.04. The average molecular weight is 191 g/mol. The highest BCUT2D eigenvalue weighted by atomic mass is 19.1. The van der Waals surface area contributed by atoms with Crippen molar-refractivity contribution in [1.82, 2.24) is 14.8 Å². The first-order valence-electron chi connectivity index (χ1n) is 3.92. The molecule has 0 spiro atoms. The maximum Gasteiger partial charge on any atom is 0.170 e. The van der Waals surface area contributed by atoms with Gasteiger partial charge in [0.15, 0.2) is 12.1 Å². The van der Waals surface area contributed by atoms with Crippen molar-refractivity contribution < 1.29 is 9.18 Å². The van der Waals surface area contributed by atoms with Gasteiger partial charge in [0, 0.05) is 6.20 Å². The van der Waals surface area contributed by atoms with Crippen LogP contribution >= 0.6 is 0 Å². The first kappa shape index (κ1) is 8.55. The maximum absolute atomic E-state index is 12.5. The molecule has 0 saturated heterocycles. The molecule has 0 atom stereocenters. The summed E-state index contributed by atoms with van der Waals surface area (Å²) in [4.78, 5) is 14.2. The molecule has 14 heavy (non-hydrogen) atoms. The zero-order chi connectivity index (χ0) is 9.97. The summed E-state index contributed by atoms with van der Waals surface area (Å²) in [6, 6.07) is 4.32. The Labute approximate surface area is 79.0 Å². The van der Waals surface area contributed by atoms with Crippen LogP contribution < -0.4 is 0 Å². The molecule has 0 aromatic carbocycles. The molecule has 0 fully saturated rings. The number of hydrogen-bond acceptors (Lipinski definition) is 3. The monoisotopic (exact) mass is 191 g/mol. The zero-order valence-electron chi connectivity index (χ0n) is 7.09. The molecule has 4 nitrogen and oxygen atoms in total. The molecule has 0 aliphatic carbocycles. The molecule has 0 saturated carbocycles. The number of carbonyl (C=O) groups excluding carboxylic acids is 1. The van der Waals surface area contributed by atoms with Crippen molar-refractivity contribution >= 4 is 6.29 Å². The third kappa shape index (κ3) is 1.52. The van der Waals surface area contributed by atoms with Gasteiger partial charge in [-0.05, 0) is 18.2 Å². The molecular formula is C9H6FN3O. The standard InChI is InChI=1S/C9H6FN3O/c10-7-1-2-9(11-5-7)13-4-3-8(6-14)12-13/h1-6H. The van der Waals surface area contributed by atoms with Crippen LogP contribution in [0.1, 0.15) is 10.5 Å². The first-order chi connectivity index (χ1) is 6.79. The lowest BCUT2D eigenvalue weighted by atomic mass is 10.4. The molecule has 2 heterocycles. The molecule has 0 N–H and O–H groups in total. The van der Waals surface area contributed by atoms with E-state index < -0.39 is 5.82 Å². The van der Waals surface area contributed by atoms with Gasteiger partial charge in [-0.25, -0.2) is 14.1 Å². The van der Waals surface area contributed by atoms with E-state index in [1.807, 2.05) is 0 Å². The third-order valence-corrected chi connectivity index (χ3v) is 1.68. The van der Waals surface area contributed by atoms with Crippen molar-refractivity contribution in [1.29, 1.82) is 0 Å². The fourth-order valence-electron chi connectivity index (χ4n) is 1.03. The topological polar surface area (TPSA) is 47.8 Å². The van der Waals surface area contributed by atoms with Crippen molar-refractivity contribution in [2.75, 3.05) is 0 Å². The Hall–Kier alpha value is -2.04. The van der Waals surface area contributed by atoms with Gasteiger partial charge in [0.2, 0.25) is 0 Å². The van der Waals surface area contributed by atoms with Gasteiger partial charge in [-0.3, -0.25) is 4.79 Å². The third-order valence-electron chi connectivity index (χ3n) is 1.68. The van der Waals surface area contributed by atoms with Gasteiger partial charge in [-0.2, -0.15) is 5.10 Å². The maximum atomic E-state index is 12.5. The second-order valence-electron chi connectivity index (χ2n) is 2.64. The van der Waals surface area contributed by atoms with E-state index in [0.29, 0.717) is 17.8 Å². The van der Waals surface area contributed by atoms with E-state index in [2.05, 4.69) is 10.1 Å². The highest BCUT2D eigenvalue weighted by molar-refractivity contribution is 5.71. The number of nitrogens with zero attached hydrogens (tertiary/aromatic N) is 3. The summed E-state index contributed by atoms with van der Waals surface area (Å²) >= 11 is 0. The van der Waals surface area contributed by atoms with Crippen LogP contribution in [0.3, 0.4) is 0 Å². The van der Waals surface area contributed by atoms with E-state index in [4.69, 9.17) is 0 Å². The normalized spacial score (nSPS) is 10.1. The van der Waals surface area contributed by atoms with Crippen LogP contribution in [0.2, 0.25) is 0 Å². The fraction of sp³-hybridized carbons (Fsp3) is 0. The molecule has 2 aromatic rings. The molecule has 0 amide bonds. The quantitative estimate of drug-likeness (QED) is 0.670. The van der Waals surface area contributed by atoms with E-state index in [1.165, 1.54) is 16.8 Å². The Bertz CT molecular complexity index is 449. The molecule has 2 rings (SSSR count). The molecule has 0 aliphatic heterocycles. The predicted octanol–water partition coefficient (Wildman–Crippen LogP) is 1.22. The van der Waals surface area contributed by atoms with Crippen LogP contribution in [0.25, 0.3) is 5.82 Å². The van der Waals surface area contributed by atoms with Crippen molar-refractivity contribution in [2.45, 2.75) is 0 Å². The van der Waals surface area contributed by atoms with Gasteiger partial charge in [-0.1, -0.05) is 0 Å². The Balaban J connectivity index is 2.39. The van der Waals surface area contributed by atoms with Crippen LogP contribution in [0.5, 0.6) is 0 Å². The predicted molar refractivity (Wildman–Crippen MR) is 46.7 cm³/mol. The lowest BCUT2D eigenvalue weighted by Gasteiger charge is -1.97. The number of aldehydes is 1. The number of rotatable bonds is 2. The van der Waals surface area contributed by atoms with Crippen LogP contribution in [0, 0.1) is 5.82 Å². The molecule has 0 unspecified atom stereocenters. The molecular weight excluding hydrogens is 185 g/mol. The number of halogens is 1. The Kier molecular flexibility index (Phi) is 2.06. The van der Waals surface area contributed by atoms with Crippen molar-refractivity contribution in [3.8, 4) is 5.82 Å². The summed E-state index contributed by atoms with van der Waals surface area (Å²) in [5.41, 5.74) is 0.316. The molecule has 70 valence electrons. The minimum Gasteiger partial charge on any atom is -0.296 e. The minimum atomic E-state index is -0.406. The highest BCUT2D eigenvalue weighted by Gasteiger charge is 2.00. The second kappa shape index (κ2) is 3.37. The van der Waals surface area contributed by atoms with E-state index >= 15 is 0 Å². The van der Waals surface area contributed by atoms with E-state index in [1.54, 1.807) is 12.3 Å². The minimum absolute atomic E-state index is 0.316. The van der Waals surface area contributed by atoms with Crippen molar-refractivity contribution in [2.24, 2.45) is 0 Å². The largest absolute Gasteiger partial charge is 0.296 e. The summed E-state index contributed by atoms with van der Waals surface area (Å²) in [6.45, 7) is 0. The van der Waals surface area contributed by atoms with Crippen LogP contribution in [-0.4, -0.2) is 21.1 Å². The van der Waals surface area contributed by atoms with Gasteiger partial charge >= 0.3 is 0 Å². The Morgan fingerprint density at radius 1 is 1.36 bits per heavy atom. The van der Waals surface area contributed by atoms with Crippen molar-refractivity contribution in [3.05, 3.63) is 42.1 Å². The Morgan fingerprint density at radius 3 is 2.79 bits per heavy atom. The molecule has 0 radical (unpaired) electrons. The molecule has 5 heteroatoms. The van der Waals surface area contributed by atoms with Gasteiger partial charge in [0.05, 0.1) is 6.20 Å². The first-order valence-corrected chi connectivity index (χ1v) is 3.92. The smallest absolute Gasteiger partial charge is 0.170 e. The SMILES string of the molecule is O=Cc1ccn(-c2ccc(F)cn2)n1. The lowest BCUT2D eigenvalue weighted by molar-refractivity contribution is 0.111. The number of aromatic nitrogens is 3. The summed E-state index contributed by atoms with van der Waals surface area (Å²) in [6.07, 6.45) is 3.32. The van der Waals surface area contributed by atoms with Crippen LogP contribution in [-0.2, 0) is 0 Å². The lowest BCUT2D eigenvalue weighted by Crippen LogP contribution is -1.98. The summed E-state index contributed by atoms with van der Waals surface area (Å²) in [5.74, 6) is 0.0658. The van der Waals surface area contributed by atoms with Crippen molar-refractivity contribution in [3.63, 3.8) is 0 Å². The number of hydrogen-bond donors (Lipinski definition) is 0. The number of carbonyl (C=O) groups is 1. The van der Waals surface area contributed by atoms with E-state index in [9.17, 15) is 9.18 Å². The van der Waals surface area contributed by atoms with Gasteiger partial charge < -0.3 is 0 Å². The summed E-state index contributed by atoms with van der Waals surface area (Å²) in [7, 11) is 0. The zero-order valence-corrected chi connectivity index (χ0v) is 7.09. The second-order valence-corrected chi connectivity index (χ2v) is 2.64. The summed E-state index contributed by atoms with van der Waals surface area (Å²) < 4.78 is 13.9.